The van der Waals surface area contributed by atoms with Crippen LogP contribution in [0.3, 0.4) is 0 Å². The van der Waals surface area contributed by atoms with E-state index in [-0.39, 0.29) is 0 Å². The van der Waals surface area contributed by atoms with Gasteiger partial charge in [-0.05, 0) is 19.4 Å². The van der Waals surface area contributed by atoms with E-state index >= 15 is 0 Å². The van der Waals surface area contributed by atoms with Crippen LogP contribution in [0.4, 0.5) is 0 Å². The van der Waals surface area contributed by atoms with Crippen molar-refractivity contribution in [1.82, 2.24) is 0 Å². The fourth-order valence-corrected chi connectivity index (χ4v) is 1.02. The van der Waals surface area contributed by atoms with Gasteiger partial charge in [0, 0.05) is 24.5 Å². The zero-order valence-corrected chi connectivity index (χ0v) is 9.69. The zero-order chi connectivity index (χ0) is 11.7. The van der Waals surface area contributed by atoms with Crippen molar-refractivity contribution in [3.63, 3.8) is 0 Å². The van der Waals surface area contributed by atoms with Crippen molar-refractivity contribution >= 4 is 5.97 Å². The standard InChI is InChI=1S/C10H16N.C2H4O2/c1-3-4-7-11-8-5-10(2)6-9-11;1-2(3)4/h5-6,8-9H,3-4,7H2,1-2H3;1H3,(H,3,4)/q+1;/p-1. The van der Waals surface area contributed by atoms with Crippen molar-refractivity contribution in [2.24, 2.45) is 0 Å². The predicted octanol–water partition coefficient (Wildman–Crippen LogP) is 0.839. The molecule has 84 valence electrons. The second-order valence-corrected chi connectivity index (χ2v) is 3.46. The summed E-state index contributed by atoms with van der Waals surface area (Å²) in [6, 6.07) is 4.30. The molecular weight excluding hydrogens is 190 g/mol. The number of carbonyl (C=O) groups is 1. The number of aryl methyl sites for hydroxylation is 2. The number of unbranched alkanes of at least 4 members (excludes halogenated alkanes) is 1. The number of carboxylic acid groups (broad SMARTS) is 1. The molecule has 0 atom stereocenters. The van der Waals surface area contributed by atoms with E-state index < -0.39 is 5.97 Å². The summed E-state index contributed by atoms with van der Waals surface area (Å²) < 4.78 is 2.23. The smallest absolute Gasteiger partial charge is 0.169 e. The first-order valence-electron chi connectivity index (χ1n) is 5.19. The number of aromatic nitrogens is 1. The lowest BCUT2D eigenvalue weighted by atomic mass is 10.3. The SMILES string of the molecule is CC(=O)[O-].CCCC[n+]1ccc(C)cc1. The molecule has 15 heavy (non-hydrogen) atoms. The third-order valence-electron chi connectivity index (χ3n) is 1.83. The summed E-state index contributed by atoms with van der Waals surface area (Å²) in [6.45, 7) is 6.45. The van der Waals surface area contributed by atoms with Gasteiger partial charge in [0.15, 0.2) is 12.4 Å². The van der Waals surface area contributed by atoms with Crippen LogP contribution in [-0.2, 0) is 11.3 Å². The Kier molecular flexibility index (Phi) is 7.24. The molecule has 0 aliphatic carbocycles. The number of hydrogen-bond donors (Lipinski definition) is 0. The Hall–Kier alpha value is -1.38. The van der Waals surface area contributed by atoms with Gasteiger partial charge in [-0.2, -0.15) is 0 Å². The molecule has 0 spiro atoms. The van der Waals surface area contributed by atoms with Crippen LogP contribution in [-0.4, -0.2) is 5.97 Å². The van der Waals surface area contributed by atoms with Gasteiger partial charge in [0.05, 0.1) is 0 Å². The van der Waals surface area contributed by atoms with E-state index in [1.807, 2.05) is 0 Å². The Balaban J connectivity index is 0.000000423. The van der Waals surface area contributed by atoms with Gasteiger partial charge in [-0.15, -0.1) is 0 Å². The maximum atomic E-state index is 8.89. The molecule has 0 saturated carbocycles. The van der Waals surface area contributed by atoms with Gasteiger partial charge in [-0.25, -0.2) is 4.57 Å². The lowest BCUT2D eigenvalue weighted by Crippen LogP contribution is -2.32. The Morgan fingerprint density at radius 3 is 2.27 bits per heavy atom. The van der Waals surface area contributed by atoms with E-state index in [0.29, 0.717) is 0 Å². The average Bonchev–Trinajstić information content (AvgIpc) is 2.16. The highest BCUT2D eigenvalue weighted by molar-refractivity contribution is 5.60. The van der Waals surface area contributed by atoms with Gasteiger partial charge in [0.2, 0.25) is 0 Å². The normalized spacial score (nSPS) is 9.00. The van der Waals surface area contributed by atoms with Gasteiger partial charge in [0.25, 0.3) is 0 Å². The lowest BCUT2D eigenvalue weighted by Gasteiger charge is -1.94. The number of carbonyl (C=O) groups excluding carboxylic acids is 1. The van der Waals surface area contributed by atoms with Gasteiger partial charge in [-0.3, -0.25) is 0 Å². The molecule has 1 rings (SSSR count). The van der Waals surface area contributed by atoms with Crippen molar-refractivity contribution in [2.75, 3.05) is 0 Å². The Morgan fingerprint density at radius 2 is 1.87 bits per heavy atom. The van der Waals surface area contributed by atoms with Gasteiger partial charge in [-0.1, -0.05) is 13.3 Å². The van der Waals surface area contributed by atoms with E-state index in [9.17, 15) is 0 Å². The molecule has 3 heteroatoms. The van der Waals surface area contributed by atoms with Crippen molar-refractivity contribution in [1.29, 1.82) is 0 Å². The number of aliphatic carboxylic acids is 1. The highest BCUT2D eigenvalue weighted by Gasteiger charge is 1.95. The van der Waals surface area contributed by atoms with Crippen LogP contribution in [0.15, 0.2) is 24.5 Å². The summed E-state index contributed by atoms with van der Waals surface area (Å²) >= 11 is 0. The van der Waals surface area contributed by atoms with Crippen LogP contribution >= 0.6 is 0 Å². The van der Waals surface area contributed by atoms with E-state index in [1.54, 1.807) is 0 Å². The van der Waals surface area contributed by atoms with Crippen LogP contribution in [0.1, 0.15) is 32.3 Å². The summed E-state index contributed by atoms with van der Waals surface area (Å²) in [5.41, 5.74) is 1.33. The molecular formula is C12H19NO2. The highest BCUT2D eigenvalue weighted by atomic mass is 16.4. The number of nitrogens with zero attached hydrogens (tertiary/aromatic N) is 1. The lowest BCUT2D eigenvalue weighted by molar-refractivity contribution is -0.697. The van der Waals surface area contributed by atoms with Gasteiger partial charge in [0.1, 0.15) is 6.54 Å². The van der Waals surface area contributed by atoms with Crippen molar-refractivity contribution in [2.45, 2.75) is 40.2 Å². The highest BCUT2D eigenvalue weighted by Crippen LogP contribution is 1.91. The van der Waals surface area contributed by atoms with Crippen LogP contribution in [0, 0.1) is 6.92 Å². The second-order valence-electron chi connectivity index (χ2n) is 3.46. The quantitative estimate of drug-likeness (QED) is 0.692. The van der Waals surface area contributed by atoms with Crippen LogP contribution in [0.25, 0.3) is 0 Å². The molecule has 0 N–H and O–H groups in total. The summed E-state index contributed by atoms with van der Waals surface area (Å²) in [5, 5.41) is 8.89. The maximum Gasteiger partial charge on any atom is 0.169 e. The molecule has 3 nitrogen and oxygen atoms in total. The van der Waals surface area contributed by atoms with Crippen LogP contribution in [0.2, 0.25) is 0 Å². The molecule has 0 amide bonds. The molecule has 0 aliphatic rings. The molecule has 0 unspecified atom stereocenters. The third-order valence-corrected chi connectivity index (χ3v) is 1.83. The average molecular weight is 209 g/mol. The van der Waals surface area contributed by atoms with Crippen molar-refractivity contribution < 1.29 is 14.5 Å². The summed E-state index contributed by atoms with van der Waals surface area (Å²) in [4.78, 5) is 8.89. The first-order chi connectivity index (χ1) is 7.06. The molecule has 1 aromatic rings. The van der Waals surface area contributed by atoms with Crippen molar-refractivity contribution in [3.05, 3.63) is 30.1 Å². The molecule has 0 aliphatic heterocycles. The predicted molar refractivity (Wildman–Crippen MR) is 57.0 cm³/mol. The van der Waals surface area contributed by atoms with E-state index in [4.69, 9.17) is 9.90 Å². The third kappa shape index (κ3) is 8.94. The summed E-state index contributed by atoms with van der Waals surface area (Å²) in [7, 11) is 0. The fourth-order valence-electron chi connectivity index (χ4n) is 1.02. The zero-order valence-electron chi connectivity index (χ0n) is 9.69. The van der Waals surface area contributed by atoms with Crippen molar-refractivity contribution in [3.8, 4) is 0 Å². The van der Waals surface area contributed by atoms with Crippen LogP contribution in [0.5, 0.6) is 0 Å². The molecule has 0 aromatic carbocycles. The monoisotopic (exact) mass is 209 g/mol. The second kappa shape index (κ2) is 7.97. The topological polar surface area (TPSA) is 44.0 Å². The maximum absolute atomic E-state index is 8.89. The first-order valence-corrected chi connectivity index (χ1v) is 5.19. The Morgan fingerprint density at radius 1 is 1.40 bits per heavy atom. The minimum Gasteiger partial charge on any atom is -0.550 e. The number of pyridine rings is 1. The van der Waals surface area contributed by atoms with Crippen LogP contribution < -0.4 is 9.67 Å². The molecule has 1 aromatic heterocycles. The first kappa shape index (κ1) is 13.6. The van der Waals surface area contributed by atoms with E-state index in [1.165, 1.54) is 18.4 Å². The summed E-state index contributed by atoms with van der Waals surface area (Å²) in [6.07, 6.45) is 6.82. The fraction of sp³-hybridized carbons (Fsp3) is 0.500. The number of hydrogen-bond acceptors (Lipinski definition) is 2. The minimum absolute atomic E-state index is 0.972. The molecule has 1 heterocycles. The number of rotatable bonds is 3. The Bertz CT molecular complexity index is 276. The van der Waals surface area contributed by atoms with E-state index in [0.717, 1.165) is 13.5 Å². The molecule has 0 fully saturated rings. The molecule has 0 radical (unpaired) electrons. The molecule has 0 saturated heterocycles. The Labute approximate surface area is 91.4 Å². The molecule has 0 bridgehead atoms. The van der Waals surface area contributed by atoms with Gasteiger partial charge >= 0.3 is 0 Å². The van der Waals surface area contributed by atoms with Gasteiger partial charge < -0.3 is 9.90 Å². The number of carboxylic acids is 1. The minimum atomic E-state index is -1.08. The summed E-state index contributed by atoms with van der Waals surface area (Å²) in [5.74, 6) is -1.08. The largest absolute Gasteiger partial charge is 0.550 e. The van der Waals surface area contributed by atoms with E-state index in [2.05, 4.69) is 42.9 Å².